The number of nitrogens with zero attached hydrogens (tertiary/aromatic N) is 2. The summed E-state index contributed by atoms with van der Waals surface area (Å²) in [5.41, 5.74) is 12.8. The highest BCUT2D eigenvalue weighted by atomic mass is 16.5. The van der Waals surface area contributed by atoms with Gasteiger partial charge in [0.15, 0.2) is 0 Å². The topological polar surface area (TPSA) is 53.1 Å². The van der Waals surface area contributed by atoms with Crippen LogP contribution in [0.3, 0.4) is 0 Å². The third-order valence-corrected chi connectivity index (χ3v) is 3.79. The van der Waals surface area contributed by atoms with Gasteiger partial charge in [-0.3, -0.25) is 4.68 Å². The molecule has 1 heterocycles. The quantitative estimate of drug-likeness (QED) is 0.921. The van der Waals surface area contributed by atoms with Gasteiger partial charge in [0.25, 0.3) is 0 Å². The highest BCUT2D eigenvalue weighted by molar-refractivity contribution is 5.75. The standard InChI is InChI=1S/C15H21N3O/c1-9-6-14(19-5)10(2)11(3)15(9)12-8-17-18(4)13(12)7-16/h6,8H,7,16H2,1-5H3. The van der Waals surface area contributed by atoms with Crippen LogP contribution in [0.5, 0.6) is 5.75 Å². The number of hydrogen-bond acceptors (Lipinski definition) is 3. The fourth-order valence-corrected chi connectivity index (χ4v) is 2.59. The first-order valence-electron chi connectivity index (χ1n) is 6.37. The first-order chi connectivity index (χ1) is 9.01. The summed E-state index contributed by atoms with van der Waals surface area (Å²) in [5.74, 6) is 0.928. The number of aryl methyl sites for hydroxylation is 2. The van der Waals surface area contributed by atoms with Crippen LogP contribution in [0.4, 0.5) is 0 Å². The van der Waals surface area contributed by atoms with Crippen molar-refractivity contribution in [1.82, 2.24) is 9.78 Å². The molecule has 0 aliphatic rings. The molecule has 4 nitrogen and oxygen atoms in total. The molecule has 0 atom stereocenters. The molecular formula is C15H21N3O. The molecule has 1 aromatic carbocycles. The largest absolute Gasteiger partial charge is 0.496 e. The molecule has 2 N–H and O–H groups in total. The van der Waals surface area contributed by atoms with Gasteiger partial charge in [0.1, 0.15) is 5.75 Å². The van der Waals surface area contributed by atoms with E-state index < -0.39 is 0 Å². The summed E-state index contributed by atoms with van der Waals surface area (Å²) in [6.07, 6.45) is 1.89. The summed E-state index contributed by atoms with van der Waals surface area (Å²) in [7, 11) is 3.63. The van der Waals surface area contributed by atoms with Gasteiger partial charge in [-0.05, 0) is 49.1 Å². The summed E-state index contributed by atoms with van der Waals surface area (Å²) >= 11 is 0. The van der Waals surface area contributed by atoms with E-state index in [4.69, 9.17) is 10.5 Å². The predicted molar refractivity (Wildman–Crippen MR) is 77.3 cm³/mol. The molecule has 0 aliphatic carbocycles. The van der Waals surface area contributed by atoms with E-state index in [1.165, 1.54) is 16.7 Å². The third-order valence-electron chi connectivity index (χ3n) is 3.79. The van der Waals surface area contributed by atoms with Gasteiger partial charge in [-0.2, -0.15) is 5.10 Å². The van der Waals surface area contributed by atoms with E-state index in [-0.39, 0.29) is 0 Å². The maximum atomic E-state index is 5.84. The SMILES string of the molecule is COc1cc(C)c(-c2cnn(C)c2CN)c(C)c1C. The van der Waals surface area contributed by atoms with Crippen molar-refractivity contribution in [3.8, 4) is 16.9 Å². The van der Waals surface area contributed by atoms with Crippen LogP contribution in [0.1, 0.15) is 22.4 Å². The molecule has 0 saturated carbocycles. The van der Waals surface area contributed by atoms with Crippen molar-refractivity contribution >= 4 is 0 Å². The highest BCUT2D eigenvalue weighted by Crippen LogP contribution is 2.35. The van der Waals surface area contributed by atoms with Crippen LogP contribution in [0.2, 0.25) is 0 Å². The van der Waals surface area contributed by atoms with Crippen molar-refractivity contribution in [2.75, 3.05) is 7.11 Å². The molecule has 0 spiro atoms. The lowest BCUT2D eigenvalue weighted by atomic mass is 9.92. The summed E-state index contributed by atoms with van der Waals surface area (Å²) < 4.78 is 7.25. The second-order valence-electron chi connectivity index (χ2n) is 4.85. The Morgan fingerprint density at radius 2 is 1.95 bits per heavy atom. The molecule has 2 aromatic rings. The second kappa shape index (κ2) is 5.05. The zero-order chi connectivity index (χ0) is 14.2. The number of ether oxygens (including phenoxy) is 1. The molecule has 0 fully saturated rings. The van der Waals surface area contributed by atoms with Gasteiger partial charge in [-0.15, -0.1) is 0 Å². The molecule has 0 bridgehead atoms. The van der Waals surface area contributed by atoms with E-state index in [0.717, 1.165) is 22.6 Å². The Hall–Kier alpha value is -1.81. The van der Waals surface area contributed by atoms with E-state index in [1.54, 1.807) is 7.11 Å². The van der Waals surface area contributed by atoms with Crippen LogP contribution in [0.15, 0.2) is 12.3 Å². The molecule has 0 aliphatic heterocycles. The van der Waals surface area contributed by atoms with Crippen molar-refractivity contribution in [2.45, 2.75) is 27.3 Å². The molecule has 19 heavy (non-hydrogen) atoms. The molecule has 0 saturated heterocycles. The first kappa shape index (κ1) is 13.6. The summed E-state index contributed by atoms with van der Waals surface area (Å²) in [6, 6.07) is 2.07. The zero-order valence-corrected chi connectivity index (χ0v) is 12.2. The lowest BCUT2D eigenvalue weighted by molar-refractivity contribution is 0.411. The van der Waals surface area contributed by atoms with Crippen molar-refractivity contribution in [3.63, 3.8) is 0 Å². The molecule has 102 valence electrons. The lowest BCUT2D eigenvalue weighted by Gasteiger charge is -2.16. The Morgan fingerprint density at radius 3 is 2.53 bits per heavy atom. The van der Waals surface area contributed by atoms with Gasteiger partial charge in [-0.25, -0.2) is 0 Å². The van der Waals surface area contributed by atoms with Gasteiger partial charge >= 0.3 is 0 Å². The fourth-order valence-electron chi connectivity index (χ4n) is 2.59. The summed E-state index contributed by atoms with van der Waals surface area (Å²) in [6.45, 7) is 6.77. The van der Waals surface area contributed by atoms with E-state index in [2.05, 4.69) is 31.9 Å². The van der Waals surface area contributed by atoms with Gasteiger partial charge in [-0.1, -0.05) is 0 Å². The number of nitrogens with two attached hydrogens (primary N) is 1. The van der Waals surface area contributed by atoms with Crippen molar-refractivity contribution < 1.29 is 4.74 Å². The molecule has 0 amide bonds. The van der Waals surface area contributed by atoms with Crippen molar-refractivity contribution in [1.29, 1.82) is 0 Å². The molecular weight excluding hydrogens is 238 g/mol. The van der Waals surface area contributed by atoms with Gasteiger partial charge in [0.2, 0.25) is 0 Å². The van der Waals surface area contributed by atoms with Crippen molar-refractivity contribution in [2.24, 2.45) is 12.8 Å². The van der Waals surface area contributed by atoms with E-state index in [0.29, 0.717) is 6.54 Å². The molecule has 1 aromatic heterocycles. The number of benzene rings is 1. The Labute approximate surface area is 114 Å². The van der Waals surface area contributed by atoms with E-state index >= 15 is 0 Å². The van der Waals surface area contributed by atoms with Crippen LogP contribution < -0.4 is 10.5 Å². The smallest absolute Gasteiger partial charge is 0.122 e. The normalized spacial score (nSPS) is 10.8. The van der Waals surface area contributed by atoms with Gasteiger partial charge in [0.05, 0.1) is 19.0 Å². The van der Waals surface area contributed by atoms with Crippen LogP contribution >= 0.6 is 0 Å². The zero-order valence-electron chi connectivity index (χ0n) is 12.2. The fraction of sp³-hybridized carbons (Fsp3) is 0.400. The van der Waals surface area contributed by atoms with Crippen LogP contribution in [-0.2, 0) is 13.6 Å². The maximum Gasteiger partial charge on any atom is 0.122 e. The summed E-state index contributed by atoms with van der Waals surface area (Å²) in [4.78, 5) is 0. The third kappa shape index (κ3) is 2.12. The minimum absolute atomic E-state index is 0.482. The molecule has 2 rings (SSSR count). The molecule has 4 heteroatoms. The lowest BCUT2D eigenvalue weighted by Crippen LogP contribution is -2.06. The Morgan fingerprint density at radius 1 is 1.26 bits per heavy atom. The Bertz CT molecular complexity index is 614. The Kier molecular flexibility index (Phi) is 3.62. The van der Waals surface area contributed by atoms with Gasteiger partial charge in [0, 0.05) is 19.2 Å². The monoisotopic (exact) mass is 259 g/mol. The van der Waals surface area contributed by atoms with E-state index in [9.17, 15) is 0 Å². The second-order valence-corrected chi connectivity index (χ2v) is 4.85. The number of hydrogen-bond donors (Lipinski definition) is 1. The van der Waals surface area contributed by atoms with Gasteiger partial charge < -0.3 is 10.5 Å². The average Bonchev–Trinajstić information content (AvgIpc) is 2.75. The van der Waals surface area contributed by atoms with Crippen LogP contribution in [0, 0.1) is 20.8 Å². The molecule has 0 radical (unpaired) electrons. The van der Waals surface area contributed by atoms with Crippen LogP contribution in [-0.4, -0.2) is 16.9 Å². The number of aromatic nitrogens is 2. The average molecular weight is 259 g/mol. The minimum atomic E-state index is 0.482. The van der Waals surface area contributed by atoms with E-state index in [1.807, 2.05) is 17.9 Å². The van der Waals surface area contributed by atoms with Crippen molar-refractivity contribution in [3.05, 3.63) is 34.6 Å². The number of methoxy groups -OCH3 is 1. The van der Waals surface area contributed by atoms with Crippen LogP contribution in [0.25, 0.3) is 11.1 Å². The molecule has 0 unspecified atom stereocenters. The minimum Gasteiger partial charge on any atom is -0.496 e. The Balaban J connectivity index is 2.72. The maximum absolute atomic E-state index is 5.84. The predicted octanol–water partition coefficient (Wildman–Crippen LogP) is 2.48. The highest BCUT2D eigenvalue weighted by Gasteiger charge is 2.17. The number of rotatable bonds is 3. The first-order valence-corrected chi connectivity index (χ1v) is 6.37. The summed E-state index contributed by atoms with van der Waals surface area (Å²) in [5, 5.41) is 4.32.